The molecule has 2 aromatic rings. The number of hydrogen-bond donors (Lipinski definition) is 3. The molecule has 0 aliphatic rings. The van der Waals surface area contributed by atoms with Crippen LogP contribution >= 0.6 is 0 Å². The van der Waals surface area contributed by atoms with E-state index in [1.807, 2.05) is 6.07 Å². The fraction of sp³-hybridized carbons (Fsp3) is 0.286. The van der Waals surface area contributed by atoms with Crippen LogP contribution in [0.1, 0.15) is 16.1 Å². The van der Waals surface area contributed by atoms with Crippen LogP contribution in [0, 0.1) is 0 Å². The summed E-state index contributed by atoms with van der Waals surface area (Å²) < 4.78 is 5.39. The zero-order valence-corrected chi connectivity index (χ0v) is 11.1. The maximum absolute atomic E-state index is 12.0. The number of nitrogens with two attached hydrogens (primary N) is 1. The third kappa shape index (κ3) is 4.10. The van der Waals surface area contributed by atoms with E-state index in [9.17, 15) is 4.79 Å². The number of rotatable bonds is 7. The van der Waals surface area contributed by atoms with Crippen molar-refractivity contribution in [3.63, 3.8) is 0 Å². The molecule has 20 heavy (non-hydrogen) atoms. The van der Waals surface area contributed by atoms with E-state index < -0.39 is 0 Å². The molecule has 1 heterocycles. The van der Waals surface area contributed by atoms with Crippen LogP contribution in [-0.2, 0) is 6.42 Å². The van der Waals surface area contributed by atoms with Crippen LogP contribution in [-0.4, -0.2) is 35.8 Å². The van der Waals surface area contributed by atoms with Gasteiger partial charge < -0.3 is 15.8 Å². The molecule has 1 aromatic heterocycles. The lowest BCUT2D eigenvalue weighted by atomic mass is 10.2. The van der Waals surface area contributed by atoms with Crippen molar-refractivity contribution in [2.75, 3.05) is 19.7 Å². The van der Waals surface area contributed by atoms with Gasteiger partial charge in [-0.2, -0.15) is 5.10 Å². The van der Waals surface area contributed by atoms with Crippen molar-refractivity contribution in [3.05, 3.63) is 47.8 Å². The molecule has 4 N–H and O–H groups in total. The van der Waals surface area contributed by atoms with Crippen molar-refractivity contribution in [1.82, 2.24) is 15.5 Å². The lowest BCUT2D eigenvalue weighted by Crippen LogP contribution is -2.25. The van der Waals surface area contributed by atoms with Crippen LogP contribution in [0.2, 0.25) is 0 Å². The Morgan fingerprint density at radius 1 is 1.40 bits per heavy atom. The van der Waals surface area contributed by atoms with Gasteiger partial charge in [0.2, 0.25) is 0 Å². The van der Waals surface area contributed by atoms with E-state index in [2.05, 4.69) is 15.5 Å². The monoisotopic (exact) mass is 274 g/mol. The molecular weight excluding hydrogens is 256 g/mol. The minimum Gasteiger partial charge on any atom is -0.492 e. The quantitative estimate of drug-likeness (QED) is 0.693. The SMILES string of the molecule is NCCOc1cccc(C(=O)NCCc2ccn[nH]2)c1. The lowest BCUT2D eigenvalue weighted by molar-refractivity contribution is 0.0953. The Kier molecular flexibility index (Phi) is 5.14. The highest BCUT2D eigenvalue weighted by Gasteiger charge is 2.06. The summed E-state index contributed by atoms with van der Waals surface area (Å²) in [6.07, 6.45) is 2.41. The van der Waals surface area contributed by atoms with Gasteiger partial charge in [0.25, 0.3) is 5.91 Å². The Morgan fingerprint density at radius 2 is 2.30 bits per heavy atom. The van der Waals surface area contributed by atoms with Gasteiger partial charge in [-0.05, 0) is 24.3 Å². The van der Waals surface area contributed by atoms with Gasteiger partial charge >= 0.3 is 0 Å². The van der Waals surface area contributed by atoms with Crippen LogP contribution in [0.5, 0.6) is 5.75 Å². The second-order valence-corrected chi connectivity index (χ2v) is 4.25. The van der Waals surface area contributed by atoms with Crippen molar-refractivity contribution < 1.29 is 9.53 Å². The van der Waals surface area contributed by atoms with Crippen molar-refractivity contribution in [3.8, 4) is 5.75 Å². The standard InChI is InChI=1S/C14H18N4O2/c15-6-9-20-13-3-1-2-11(10-13)14(19)16-7-4-12-5-8-17-18-12/h1-3,5,8,10H,4,6-7,9,15H2,(H,16,19)(H,17,18). The number of amides is 1. The molecule has 0 aliphatic carbocycles. The molecule has 0 saturated heterocycles. The highest BCUT2D eigenvalue weighted by molar-refractivity contribution is 5.94. The second-order valence-electron chi connectivity index (χ2n) is 4.25. The maximum Gasteiger partial charge on any atom is 0.251 e. The van der Waals surface area contributed by atoms with Crippen molar-refractivity contribution in [2.24, 2.45) is 5.73 Å². The van der Waals surface area contributed by atoms with Gasteiger partial charge in [-0.3, -0.25) is 9.89 Å². The Labute approximate surface area is 117 Å². The summed E-state index contributed by atoms with van der Waals surface area (Å²) in [6.45, 7) is 1.43. The topological polar surface area (TPSA) is 93.0 Å². The average Bonchev–Trinajstić information content (AvgIpc) is 2.98. The van der Waals surface area contributed by atoms with Crippen LogP contribution in [0.25, 0.3) is 0 Å². The van der Waals surface area contributed by atoms with Crippen molar-refractivity contribution in [2.45, 2.75) is 6.42 Å². The first-order valence-corrected chi connectivity index (χ1v) is 6.49. The first kappa shape index (κ1) is 14.1. The number of aromatic amines is 1. The summed E-state index contributed by atoms with van der Waals surface area (Å²) in [7, 11) is 0. The highest BCUT2D eigenvalue weighted by Crippen LogP contribution is 2.13. The number of benzene rings is 1. The molecule has 6 nitrogen and oxygen atoms in total. The summed E-state index contributed by atoms with van der Waals surface area (Å²) in [5.41, 5.74) is 6.94. The van der Waals surface area contributed by atoms with E-state index in [1.165, 1.54) is 0 Å². The molecule has 6 heteroatoms. The number of nitrogens with zero attached hydrogens (tertiary/aromatic N) is 1. The Morgan fingerprint density at radius 3 is 3.05 bits per heavy atom. The molecule has 0 aliphatic heterocycles. The predicted octanol–water partition coefficient (Wildman–Crippen LogP) is 0.720. The van der Waals surface area contributed by atoms with Gasteiger partial charge in [0.05, 0.1) is 0 Å². The highest BCUT2D eigenvalue weighted by atomic mass is 16.5. The first-order chi connectivity index (χ1) is 9.79. The molecule has 2 rings (SSSR count). The molecule has 0 unspecified atom stereocenters. The number of H-pyrrole nitrogens is 1. The minimum absolute atomic E-state index is 0.122. The molecule has 106 valence electrons. The normalized spacial score (nSPS) is 10.2. The zero-order chi connectivity index (χ0) is 14.2. The predicted molar refractivity (Wildman–Crippen MR) is 75.6 cm³/mol. The zero-order valence-electron chi connectivity index (χ0n) is 11.1. The third-order valence-corrected chi connectivity index (χ3v) is 2.72. The largest absolute Gasteiger partial charge is 0.492 e. The van der Waals surface area contributed by atoms with Crippen LogP contribution < -0.4 is 15.8 Å². The van der Waals surface area contributed by atoms with Crippen LogP contribution in [0.4, 0.5) is 0 Å². The van der Waals surface area contributed by atoms with Gasteiger partial charge in [-0.1, -0.05) is 6.07 Å². The van der Waals surface area contributed by atoms with E-state index in [0.29, 0.717) is 31.0 Å². The van der Waals surface area contributed by atoms with E-state index in [4.69, 9.17) is 10.5 Å². The van der Waals surface area contributed by atoms with Crippen molar-refractivity contribution in [1.29, 1.82) is 0 Å². The van der Waals surface area contributed by atoms with Gasteiger partial charge in [-0.15, -0.1) is 0 Å². The van der Waals surface area contributed by atoms with E-state index in [-0.39, 0.29) is 5.91 Å². The van der Waals surface area contributed by atoms with Gasteiger partial charge in [0, 0.05) is 37.0 Å². The van der Waals surface area contributed by atoms with Crippen LogP contribution in [0.3, 0.4) is 0 Å². The van der Waals surface area contributed by atoms with Crippen molar-refractivity contribution >= 4 is 5.91 Å². The summed E-state index contributed by atoms with van der Waals surface area (Å²) >= 11 is 0. The smallest absolute Gasteiger partial charge is 0.251 e. The number of carbonyl (C=O) groups excluding carboxylic acids is 1. The molecule has 1 aromatic carbocycles. The molecular formula is C14H18N4O2. The fourth-order valence-corrected chi connectivity index (χ4v) is 1.74. The maximum atomic E-state index is 12.0. The number of hydrogen-bond acceptors (Lipinski definition) is 4. The third-order valence-electron chi connectivity index (χ3n) is 2.72. The minimum atomic E-state index is -0.122. The molecule has 0 fully saturated rings. The summed E-state index contributed by atoms with van der Waals surface area (Å²) in [4.78, 5) is 12.0. The first-order valence-electron chi connectivity index (χ1n) is 6.49. The fourth-order valence-electron chi connectivity index (χ4n) is 1.74. The van der Waals surface area contributed by atoms with E-state index in [1.54, 1.807) is 30.5 Å². The number of aromatic nitrogens is 2. The number of nitrogens with one attached hydrogen (secondary N) is 2. The van der Waals surface area contributed by atoms with Crippen LogP contribution in [0.15, 0.2) is 36.5 Å². The molecule has 0 saturated carbocycles. The van der Waals surface area contributed by atoms with Gasteiger partial charge in [-0.25, -0.2) is 0 Å². The molecule has 0 spiro atoms. The Bertz CT molecular complexity index is 540. The second kappa shape index (κ2) is 7.30. The van der Waals surface area contributed by atoms with E-state index >= 15 is 0 Å². The summed E-state index contributed by atoms with van der Waals surface area (Å²) in [6, 6.07) is 8.93. The Hall–Kier alpha value is -2.34. The summed E-state index contributed by atoms with van der Waals surface area (Å²) in [5.74, 6) is 0.527. The molecule has 0 radical (unpaired) electrons. The molecule has 0 bridgehead atoms. The van der Waals surface area contributed by atoms with Gasteiger partial charge in [0.15, 0.2) is 0 Å². The molecule has 1 amide bonds. The average molecular weight is 274 g/mol. The van der Waals surface area contributed by atoms with E-state index in [0.717, 1.165) is 12.1 Å². The van der Waals surface area contributed by atoms with Gasteiger partial charge in [0.1, 0.15) is 12.4 Å². The summed E-state index contributed by atoms with van der Waals surface area (Å²) in [5, 5.41) is 9.56. The Balaban J connectivity index is 1.85. The number of carbonyl (C=O) groups is 1. The molecule has 0 atom stereocenters. The number of ether oxygens (including phenoxy) is 1. The lowest BCUT2D eigenvalue weighted by Gasteiger charge is -2.07.